The van der Waals surface area contributed by atoms with Gasteiger partial charge < -0.3 is 25.3 Å². The molecule has 9 nitrogen and oxygen atoms in total. The number of nitrogens with zero attached hydrogens (tertiary/aromatic N) is 4. The summed E-state index contributed by atoms with van der Waals surface area (Å²) in [5, 5.41) is 13.5. The number of para-hydroxylation sites is 2. The van der Waals surface area contributed by atoms with E-state index in [9.17, 15) is 9.90 Å². The molecule has 4 heterocycles. The quantitative estimate of drug-likeness (QED) is 0.305. The number of amides is 1. The number of rotatable bonds is 4. The van der Waals surface area contributed by atoms with Crippen LogP contribution in [0.5, 0.6) is 0 Å². The monoisotopic (exact) mass is 451 g/mol. The highest BCUT2D eigenvalue weighted by atomic mass is 16.4. The van der Waals surface area contributed by atoms with E-state index in [1.807, 2.05) is 60.7 Å². The number of aromatic nitrogens is 5. The SMILES string of the molecule is O=C(O)N1CC=C(c2cc3c(Nc4cccc(-c5nc6ccccc6[nH]5)c4)ncnc3[nH]2)CC1. The van der Waals surface area contributed by atoms with Gasteiger partial charge in [0.25, 0.3) is 0 Å². The average Bonchev–Trinajstić information content (AvgIpc) is 3.49. The van der Waals surface area contributed by atoms with Crippen LogP contribution >= 0.6 is 0 Å². The van der Waals surface area contributed by atoms with Crippen LogP contribution in [-0.4, -0.2) is 54.1 Å². The molecule has 9 heteroatoms. The van der Waals surface area contributed by atoms with E-state index in [4.69, 9.17) is 4.98 Å². The number of nitrogens with one attached hydrogen (secondary N) is 3. The van der Waals surface area contributed by atoms with Crippen LogP contribution in [-0.2, 0) is 0 Å². The van der Waals surface area contributed by atoms with Gasteiger partial charge in [0.05, 0.1) is 16.4 Å². The lowest BCUT2D eigenvalue weighted by molar-refractivity contribution is 0.150. The van der Waals surface area contributed by atoms with Crippen LogP contribution in [0, 0.1) is 0 Å². The van der Waals surface area contributed by atoms with Crippen molar-refractivity contribution in [1.29, 1.82) is 0 Å². The van der Waals surface area contributed by atoms with Gasteiger partial charge in [-0.1, -0.05) is 30.3 Å². The van der Waals surface area contributed by atoms with Gasteiger partial charge in [-0.05, 0) is 42.3 Å². The maximum absolute atomic E-state index is 11.2. The lowest BCUT2D eigenvalue weighted by Crippen LogP contribution is -2.33. The van der Waals surface area contributed by atoms with Gasteiger partial charge in [-0.2, -0.15) is 0 Å². The molecule has 0 aliphatic carbocycles. The summed E-state index contributed by atoms with van der Waals surface area (Å²) in [6, 6.07) is 18.0. The molecule has 1 aliphatic rings. The molecule has 0 bridgehead atoms. The molecular weight excluding hydrogens is 430 g/mol. The Bertz CT molecular complexity index is 1530. The molecular formula is C25H21N7O2. The summed E-state index contributed by atoms with van der Waals surface area (Å²) >= 11 is 0. The van der Waals surface area contributed by atoms with Crippen molar-refractivity contribution in [2.24, 2.45) is 0 Å². The summed E-state index contributed by atoms with van der Waals surface area (Å²) in [7, 11) is 0. The second kappa shape index (κ2) is 8.04. The van der Waals surface area contributed by atoms with Crippen LogP contribution in [0.15, 0.2) is 67.0 Å². The van der Waals surface area contributed by atoms with Gasteiger partial charge >= 0.3 is 6.09 Å². The van der Waals surface area contributed by atoms with Gasteiger partial charge in [0, 0.05) is 30.0 Å². The normalized spacial score (nSPS) is 13.9. The van der Waals surface area contributed by atoms with Crippen molar-refractivity contribution in [2.75, 3.05) is 18.4 Å². The molecule has 0 saturated carbocycles. The van der Waals surface area contributed by atoms with Gasteiger partial charge in [-0.25, -0.2) is 19.7 Å². The predicted molar refractivity (Wildman–Crippen MR) is 131 cm³/mol. The molecule has 0 spiro atoms. The van der Waals surface area contributed by atoms with Crippen LogP contribution in [0.4, 0.5) is 16.3 Å². The van der Waals surface area contributed by atoms with Crippen molar-refractivity contribution in [1.82, 2.24) is 29.8 Å². The summed E-state index contributed by atoms with van der Waals surface area (Å²) in [5.74, 6) is 1.50. The first kappa shape index (κ1) is 20.0. The minimum absolute atomic E-state index is 0.380. The highest BCUT2D eigenvalue weighted by molar-refractivity contribution is 5.92. The van der Waals surface area contributed by atoms with E-state index in [-0.39, 0.29) is 0 Å². The van der Waals surface area contributed by atoms with Crippen molar-refractivity contribution < 1.29 is 9.90 Å². The van der Waals surface area contributed by atoms with Gasteiger partial charge in [-0.3, -0.25) is 0 Å². The molecule has 1 amide bonds. The number of carboxylic acid groups (broad SMARTS) is 1. The zero-order valence-corrected chi connectivity index (χ0v) is 18.1. The molecule has 0 fully saturated rings. The summed E-state index contributed by atoms with van der Waals surface area (Å²) in [6.45, 7) is 0.854. The fourth-order valence-electron chi connectivity index (χ4n) is 4.27. The van der Waals surface area contributed by atoms with E-state index in [2.05, 4.69) is 25.3 Å². The molecule has 0 radical (unpaired) electrons. The van der Waals surface area contributed by atoms with E-state index in [1.165, 1.54) is 11.2 Å². The van der Waals surface area contributed by atoms with Crippen LogP contribution in [0.2, 0.25) is 0 Å². The largest absolute Gasteiger partial charge is 0.465 e. The van der Waals surface area contributed by atoms with Crippen LogP contribution < -0.4 is 5.32 Å². The van der Waals surface area contributed by atoms with E-state index in [0.29, 0.717) is 25.3 Å². The lowest BCUT2D eigenvalue weighted by Gasteiger charge is -2.23. The van der Waals surface area contributed by atoms with Crippen LogP contribution in [0.3, 0.4) is 0 Å². The maximum atomic E-state index is 11.2. The summed E-state index contributed by atoms with van der Waals surface area (Å²) < 4.78 is 0. The highest BCUT2D eigenvalue weighted by Crippen LogP contribution is 2.30. The van der Waals surface area contributed by atoms with Crippen molar-refractivity contribution in [2.45, 2.75) is 6.42 Å². The first-order chi connectivity index (χ1) is 16.6. The Morgan fingerprint density at radius 2 is 1.97 bits per heavy atom. The van der Waals surface area contributed by atoms with Crippen LogP contribution in [0.1, 0.15) is 12.1 Å². The first-order valence-corrected chi connectivity index (χ1v) is 11.0. The Morgan fingerprint density at radius 1 is 1.06 bits per heavy atom. The minimum atomic E-state index is -0.894. The van der Waals surface area contributed by atoms with Gasteiger partial charge in [0.15, 0.2) is 0 Å². The van der Waals surface area contributed by atoms with E-state index in [0.717, 1.165) is 50.4 Å². The standard InChI is InChI=1S/C25H21N7O2/c33-25(34)32-10-8-15(9-11-32)21-13-18-23(26-14-27-24(18)31-21)28-17-5-3-4-16(12-17)22-29-19-6-1-2-7-20(19)30-22/h1-8,12-14H,9-11H2,(H,29,30)(H,33,34)(H2,26,27,28,31). The summed E-state index contributed by atoms with van der Waals surface area (Å²) in [6.07, 6.45) is 3.22. The molecule has 0 unspecified atom stereocenters. The second-order valence-electron chi connectivity index (χ2n) is 8.18. The molecule has 1 aliphatic heterocycles. The Balaban J connectivity index is 1.29. The Hall–Kier alpha value is -4.66. The topological polar surface area (TPSA) is 123 Å². The second-order valence-corrected chi connectivity index (χ2v) is 8.18. The van der Waals surface area contributed by atoms with E-state index < -0.39 is 6.09 Å². The molecule has 34 heavy (non-hydrogen) atoms. The average molecular weight is 451 g/mol. The molecule has 168 valence electrons. The van der Waals surface area contributed by atoms with Gasteiger partial charge in [-0.15, -0.1) is 0 Å². The molecule has 5 aromatic rings. The van der Waals surface area contributed by atoms with Crippen molar-refractivity contribution in [3.05, 3.63) is 72.7 Å². The number of benzene rings is 2. The third-order valence-corrected chi connectivity index (χ3v) is 6.04. The Morgan fingerprint density at radius 3 is 2.79 bits per heavy atom. The predicted octanol–water partition coefficient (Wildman–Crippen LogP) is 5.01. The number of anilines is 2. The highest BCUT2D eigenvalue weighted by Gasteiger charge is 2.19. The number of hydrogen-bond donors (Lipinski definition) is 4. The molecule has 2 aromatic carbocycles. The van der Waals surface area contributed by atoms with Crippen molar-refractivity contribution >= 4 is 45.2 Å². The number of carbonyl (C=O) groups is 1. The molecule has 0 atom stereocenters. The number of fused-ring (bicyclic) bond motifs is 2. The van der Waals surface area contributed by atoms with Gasteiger partial charge in [0.1, 0.15) is 23.6 Å². The summed E-state index contributed by atoms with van der Waals surface area (Å²) in [4.78, 5) is 32.8. The fraction of sp³-hybridized carbons (Fsp3) is 0.120. The number of imidazole rings is 1. The maximum Gasteiger partial charge on any atom is 0.407 e. The lowest BCUT2D eigenvalue weighted by atomic mass is 10.1. The fourth-order valence-corrected chi connectivity index (χ4v) is 4.27. The third kappa shape index (κ3) is 3.62. The number of H-pyrrole nitrogens is 2. The molecule has 4 N–H and O–H groups in total. The zero-order valence-electron chi connectivity index (χ0n) is 18.1. The van der Waals surface area contributed by atoms with Crippen LogP contribution in [0.25, 0.3) is 39.0 Å². The van der Waals surface area contributed by atoms with E-state index in [1.54, 1.807) is 0 Å². The third-order valence-electron chi connectivity index (χ3n) is 6.04. The smallest absolute Gasteiger partial charge is 0.407 e. The summed E-state index contributed by atoms with van der Waals surface area (Å²) in [5.41, 5.74) is 6.51. The van der Waals surface area contributed by atoms with Crippen molar-refractivity contribution in [3.8, 4) is 11.4 Å². The van der Waals surface area contributed by atoms with Gasteiger partial charge in [0.2, 0.25) is 0 Å². The number of aromatic amines is 2. The zero-order chi connectivity index (χ0) is 23.1. The first-order valence-electron chi connectivity index (χ1n) is 11.0. The minimum Gasteiger partial charge on any atom is -0.465 e. The number of hydrogen-bond acceptors (Lipinski definition) is 5. The van der Waals surface area contributed by atoms with Crippen molar-refractivity contribution in [3.63, 3.8) is 0 Å². The molecule has 6 rings (SSSR count). The Labute approximate surface area is 194 Å². The Kier molecular flexibility index (Phi) is 4.72. The molecule has 0 saturated heterocycles. The van der Waals surface area contributed by atoms with E-state index >= 15 is 0 Å². The molecule has 3 aromatic heterocycles.